The fraction of sp³-hybridized carbons (Fsp3) is 0.0421. The standard InChI is InChI=1S/C13H11NO2.C12H11NO.C12H11N.C10H8O.C10H8S.C9H7NO.2C9H7NS.C5H4O2.C5H4OS.CH4/c1-2-11-3-5-12(6-4-11)7-13(8-14)9-16-10-15;1-2-10(8-13)7-11-3-5-12(9-14)6-4-11;1-3-11(9-13)8-12-6-4-10(2)5-7-12;2*1-2-9-7-8-5-3-4-6-10(8)11-9;2*1-2-9-10-7-5-3-4-6-8(7)11-9;1-3-8(10-2)7-9-5-4-6-11-9;2*6-4-5-2-1-3-7-5;/h2-7,10H,1,9H2;2-7,14H,1,9H2;3-8H,1H2,2H3;2*2-7H,1H2;2*2-6H,1H2;3-7H,1H2;2*1-4H;1H4/b13-7+;10-7-;11-8-;;;;;8-7-;;;. The number of rotatable bonds is 18. The van der Waals surface area contributed by atoms with Gasteiger partial charge in [0, 0.05) is 19.8 Å². The third kappa shape index (κ3) is 33.8. The molecule has 1 N–H and O–H groups in total. The SMILES string of the molecule is C.C=C/C(C#N)=C/c1ccc(C)cc1.C=C/C(C#N)=C/c1ccc(CO)cc1.C=Cc1cc2ccccc2o1.C=Cc1cc2ccccc2s1.C=Cc1ccc(/C=C(\C#N)COC=O)cc1.C=Cc1nc2ccccc2o1.C=Cc1nc2ccccc2s1.O=Cc1ccco1.O=Cc1cccs1.[C-]#[N+]/C(C=C)=C\c1cccs1. The Morgan fingerprint density at radius 1 is 0.513 bits per heavy atom. The summed E-state index contributed by atoms with van der Waals surface area (Å²) in [5.41, 5.74) is 11.7. The van der Waals surface area contributed by atoms with Crippen LogP contribution in [0, 0.1) is 47.5 Å². The first-order chi connectivity index (χ1) is 54.7. The molecule has 7 aromatic carbocycles. The number of ether oxygens (including phenoxy) is 1. The molecule has 14 rings (SSSR count). The van der Waals surface area contributed by atoms with E-state index in [2.05, 4.69) is 119 Å². The minimum Gasteiger partial charge on any atom is -0.462 e. The molecule has 0 saturated carbocycles. The van der Waals surface area contributed by atoms with Crippen molar-refractivity contribution >= 4 is 161 Å². The molecule has 0 aliphatic carbocycles. The fourth-order valence-electron chi connectivity index (χ4n) is 8.71. The Bertz CT molecular complexity index is 5140. The summed E-state index contributed by atoms with van der Waals surface area (Å²) < 4.78 is 22.4. The van der Waals surface area contributed by atoms with Crippen molar-refractivity contribution in [1.82, 2.24) is 9.97 Å². The largest absolute Gasteiger partial charge is 0.462 e. The highest BCUT2D eigenvalue weighted by molar-refractivity contribution is 7.20. The van der Waals surface area contributed by atoms with Crippen molar-refractivity contribution in [3.8, 4) is 18.2 Å². The normalized spacial score (nSPS) is 10.1. The minimum atomic E-state index is 0. The van der Waals surface area contributed by atoms with E-state index in [1.165, 1.54) is 48.9 Å². The molecule has 0 amide bonds. The molecule has 18 heteroatoms. The number of benzene rings is 7. The third-order valence-electron chi connectivity index (χ3n) is 14.3. The van der Waals surface area contributed by atoms with Crippen LogP contribution < -0.4 is 0 Å². The van der Waals surface area contributed by atoms with Crippen LogP contribution in [0.25, 0.3) is 102 Å². The van der Waals surface area contributed by atoms with Crippen LogP contribution in [0.1, 0.15) is 87.4 Å². The molecule has 0 fully saturated rings. The number of thiophene rings is 3. The monoisotopic (exact) mass is 1560 g/mol. The zero-order valence-electron chi connectivity index (χ0n) is 61.4. The lowest BCUT2D eigenvalue weighted by atomic mass is 10.1. The first-order valence-corrected chi connectivity index (χ1v) is 37.1. The van der Waals surface area contributed by atoms with E-state index in [1.807, 2.05) is 212 Å². The molecule has 0 unspecified atom stereocenters. The van der Waals surface area contributed by atoms with Gasteiger partial charge >= 0.3 is 0 Å². The van der Waals surface area contributed by atoms with Gasteiger partial charge in [-0.15, -0.1) is 51.9 Å². The number of aryl methyl sites for hydroxylation is 1. The zero-order valence-corrected chi connectivity index (χ0v) is 64.6. The number of aliphatic hydroxyl groups is 1. The van der Waals surface area contributed by atoms with E-state index in [1.54, 1.807) is 101 Å². The van der Waals surface area contributed by atoms with Gasteiger partial charge in [0.25, 0.3) is 6.47 Å². The van der Waals surface area contributed by atoms with Crippen LogP contribution in [0.5, 0.6) is 0 Å². The van der Waals surface area contributed by atoms with Crippen LogP contribution in [-0.4, -0.2) is 40.7 Å². The second kappa shape index (κ2) is 53.5. The van der Waals surface area contributed by atoms with Crippen molar-refractivity contribution in [3.63, 3.8) is 0 Å². The Balaban J connectivity index is 0.000000266. The number of nitrogens with zero attached hydrogens (tertiary/aromatic N) is 6. The molecule has 7 aromatic heterocycles. The summed E-state index contributed by atoms with van der Waals surface area (Å²) in [6, 6.07) is 76.0. The van der Waals surface area contributed by atoms with E-state index in [0.29, 0.717) is 46.8 Å². The number of hydrogen-bond donors (Lipinski definition) is 1. The Hall–Kier alpha value is -14.3. The number of carbonyl (C=O) groups is 3. The second-order valence-electron chi connectivity index (χ2n) is 22.1. The highest BCUT2D eigenvalue weighted by atomic mass is 32.1. The van der Waals surface area contributed by atoms with Gasteiger partial charge in [0.05, 0.1) is 69.5 Å². The van der Waals surface area contributed by atoms with Gasteiger partial charge < -0.3 is 23.1 Å². The number of aliphatic hydroxyl groups excluding tert-OH is 1. The summed E-state index contributed by atoms with van der Waals surface area (Å²) in [5, 5.41) is 42.2. The first-order valence-electron chi connectivity index (χ1n) is 33.7. The van der Waals surface area contributed by atoms with Gasteiger partial charge in [0.1, 0.15) is 28.5 Å². The van der Waals surface area contributed by atoms with Crippen molar-refractivity contribution in [2.24, 2.45) is 0 Å². The molecule has 0 atom stereocenters. The summed E-state index contributed by atoms with van der Waals surface area (Å²) in [5.74, 6) is 1.78. The maximum atomic E-state index is 9.99. The summed E-state index contributed by atoms with van der Waals surface area (Å²) in [4.78, 5) is 44.5. The maximum Gasteiger partial charge on any atom is 0.293 e. The summed E-state index contributed by atoms with van der Waals surface area (Å²) in [6.07, 6.45) is 23.4. The average Bonchev–Trinajstić information content (AvgIpc) is 1.72. The molecule has 14 aromatic rings. The van der Waals surface area contributed by atoms with E-state index in [-0.39, 0.29) is 20.6 Å². The molecule has 0 aliphatic heterocycles. The molecular formula is C95H82N6O8S4. The van der Waals surface area contributed by atoms with Gasteiger partial charge in [0.2, 0.25) is 5.89 Å². The second-order valence-corrected chi connectivity index (χ2v) is 26.2. The molecule has 0 aliphatic rings. The van der Waals surface area contributed by atoms with Gasteiger partial charge in [0.15, 0.2) is 29.6 Å². The third-order valence-corrected chi connectivity index (χ3v) is 18.1. The van der Waals surface area contributed by atoms with Crippen LogP contribution in [-0.2, 0) is 16.1 Å². The quantitative estimate of drug-likeness (QED) is 0.0366. The number of hydrogen-bond acceptors (Lipinski definition) is 17. The highest BCUT2D eigenvalue weighted by Gasteiger charge is 2.03. The van der Waals surface area contributed by atoms with E-state index in [9.17, 15) is 14.4 Å². The Morgan fingerprint density at radius 3 is 1.56 bits per heavy atom. The van der Waals surface area contributed by atoms with Gasteiger partial charge in [-0.05, 0) is 166 Å². The lowest BCUT2D eigenvalue weighted by Gasteiger charge is -1.98. The van der Waals surface area contributed by atoms with E-state index in [4.69, 9.17) is 36.3 Å². The van der Waals surface area contributed by atoms with Crippen molar-refractivity contribution in [2.45, 2.75) is 21.0 Å². The van der Waals surface area contributed by atoms with E-state index in [0.717, 1.165) is 82.2 Å². The number of allylic oxidation sites excluding steroid dienone is 5. The van der Waals surface area contributed by atoms with Crippen LogP contribution in [0.2, 0.25) is 0 Å². The predicted octanol–water partition coefficient (Wildman–Crippen LogP) is 26.3. The van der Waals surface area contributed by atoms with Crippen molar-refractivity contribution in [2.75, 3.05) is 6.61 Å². The van der Waals surface area contributed by atoms with Gasteiger partial charge in [-0.25, -0.2) is 14.8 Å². The highest BCUT2D eigenvalue weighted by Crippen LogP contribution is 2.26. The molecule has 564 valence electrons. The van der Waals surface area contributed by atoms with Crippen molar-refractivity contribution in [3.05, 3.63) is 411 Å². The lowest BCUT2D eigenvalue weighted by molar-refractivity contribution is -0.127. The van der Waals surface area contributed by atoms with Crippen LogP contribution in [0.15, 0.2) is 342 Å². The predicted molar refractivity (Wildman–Crippen MR) is 475 cm³/mol. The van der Waals surface area contributed by atoms with E-state index < -0.39 is 0 Å². The number of aromatic nitrogens is 2. The molecule has 7 heterocycles. The van der Waals surface area contributed by atoms with Crippen LogP contribution in [0.3, 0.4) is 0 Å². The number of furan rings is 2. The maximum absolute atomic E-state index is 9.99. The van der Waals surface area contributed by atoms with Crippen molar-refractivity contribution < 1.29 is 37.5 Å². The molecule has 113 heavy (non-hydrogen) atoms. The number of oxazole rings is 1. The zero-order chi connectivity index (χ0) is 80.9. The van der Waals surface area contributed by atoms with E-state index >= 15 is 0 Å². The van der Waals surface area contributed by atoms with Crippen LogP contribution in [0.4, 0.5) is 0 Å². The minimum absolute atomic E-state index is 0. The summed E-state index contributed by atoms with van der Waals surface area (Å²) in [7, 11) is 0. The topological polar surface area (TPSA) is 222 Å². The summed E-state index contributed by atoms with van der Waals surface area (Å²) in [6.45, 7) is 38.0. The Morgan fingerprint density at radius 2 is 1.09 bits per heavy atom. The number of aldehydes is 2. The Labute approximate surface area is 676 Å². The summed E-state index contributed by atoms with van der Waals surface area (Å²) >= 11 is 6.52. The lowest BCUT2D eigenvalue weighted by Crippen LogP contribution is -1.94. The molecule has 0 radical (unpaired) electrons. The molecular weight excluding hydrogens is 1480 g/mol. The number of carbonyl (C=O) groups excluding carboxylic acids is 3. The molecule has 0 bridgehead atoms. The first kappa shape index (κ1) is 91.1. The number of fused-ring (bicyclic) bond motifs is 4. The fourth-order valence-corrected chi connectivity index (χ4v) is 11.6. The Kier molecular flexibility index (Phi) is 43.1. The number of para-hydroxylation sites is 4. The number of thiazole rings is 1. The van der Waals surface area contributed by atoms with Crippen molar-refractivity contribution in [1.29, 1.82) is 15.8 Å². The average molecular weight is 1560 g/mol. The van der Waals surface area contributed by atoms with Crippen LogP contribution >= 0.6 is 45.3 Å². The molecule has 0 saturated heterocycles. The number of nitriles is 3. The smallest absolute Gasteiger partial charge is 0.293 e. The molecule has 0 spiro atoms. The van der Waals surface area contributed by atoms with Gasteiger partial charge in [-0.1, -0.05) is 235 Å². The van der Waals surface area contributed by atoms with Gasteiger partial charge in [-0.3, -0.25) is 14.4 Å². The molecule has 14 nitrogen and oxygen atoms in total. The van der Waals surface area contributed by atoms with Gasteiger partial charge in [-0.2, -0.15) is 15.8 Å².